The van der Waals surface area contributed by atoms with E-state index < -0.39 is 0 Å². The summed E-state index contributed by atoms with van der Waals surface area (Å²) in [7, 11) is 3.19. The van der Waals surface area contributed by atoms with E-state index in [9.17, 15) is 4.79 Å². The number of para-hydroxylation sites is 2. The first-order valence-corrected chi connectivity index (χ1v) is 7.40. The molecule has 0 aliphatic heterocycles. The zero-order valence-electron chi connectivity index (χ0n) is 13.8. The Balaban J connectivity index is 2.09. The Bertz CT molecular complexity index is 686. The third-order valence-electron chi connectivity index (χ3n) is 3.55. The van der Waals surface area contributed by atoms with E-state index in [-0.39, 0.29) is 12.1 Å². The third kappa shape index (κ3) is 4.16. The van der Waals surface area contributed by atoms with E-state index in [1.165, 1.54) is 0 Å². The fourth-order valence-corrected chi connectivity index (χ4v) is 2.37. The molecular formula is C18H22N2O3. The van der Waals surface area contributed by atoms with Gasteiger partial charge in [-0.1, -0.05) is 29.8 Å². The fourth-order valence-electron chi connectivity index (χ4n) is 2.37. The minimum atomic E-state index is -0.300. The molecule has 0 saturated carbocycles. The van der Waals surface area contributed by atoms with Crippen molar-refractivity contribution in [2.45, 2.75) is 19.9 Å². The molecule has 0 bridgehead atoms. The number of hydrogen-bond donors (Lipinski definition) is 2. The SMILES string of the molecule is COc1ccccc1NC(=O)NC(C)c1cc(C)ccc1OC. The number of urea groups is 1. The summed E-state index contributed by atoms with van der Waals surface area (Å²) in [5.41, 5.74) is 2.66. The van der Waals surface area contributed by atoms with Crippen LogP contribution in [0.2, 0.25) is 0 Å². The number of carbonyl (C=O) groups is 1. The van der Waals surface area contributed by atoms with Crippen molar-refractivity contribution in [3.05, 3.63) is 53.6 Å². The van der Waals surface area contributed by atoms with Crippen LogP contribution in [0.5, 0.6) is 11.5 Å². The van der Waals surface area contributed by atoms with Crippen LogP contribution in [-0.2, 0) is 0 Å². The number of ether oxygens (including phenoxy) is 2. The van der Waals surface area contributed by atoms with Crippen molar-refractivity contribution >= 4 is 11.7 Å². The molecule has 0 aliphatic carbocycles. The molecule has 0 fully saturated rings. The number of nitrogens with one attached hydrogen (secondary N) is 2. The van der Waals surface area contributed by atoms with Crippen molar-refractivity contribution in [3.63, 3.8) is 0 Å². The minimum absolute atomic E-state index is 0.195. The van der Waals surface area contributed by atoms with Gasteiger partial charge in [0, 0.05) is 5.56 Å². The zero-order chi connectivity index (χ0) is 16.8. The van der Waals surface area contributed by atoms with Crippen LogP contribution in [0.3, 0.4) is 0 Å². The van der Waals surface area contributed by atoms with E-state index >= 15 is 0 Å². The number of aryl methyl sites for hydroxylation is 1. The molecule has 2 aromatic rings. The Labute approximate surface area is 136 Å². The summed E-state index contributed by atoms with van der Waals surface area (Å²) in [6.07, 6.45) is 0. The van der Waals surface area contributed by atoms with Crippen LogP contribution in [0.25, 0.3) is 0 Å². The van der Waals surface area contributed by atoms with Gasteiger partial charge >= 0.3 is 6.03 Å². The normalized spacial score (nSPS) is 11.5. The van der Waals surface area contributed by atoms with Crippen molar-refractivity contribution in [3.8, 4) is 11.5 Å². The second-order valence-corrected chi connectivity index (χ2v) is 5.27. The van der Waals surface area contributed by atoms with Crippen molar-refractivity contribution in [1.82, 2.24) is 5.32 Å². The maximum atomic E-state index is 12.2. The smallest absolute Gasteiger partial charge is 0.319 e. The Morgan fingerprint density at radius 1 is 1.04 bits per heavy atom. The zero-order valence-corrected chi connectivity index (χ0v) is 13.8. The van der Waals surface area contributed by atoms with Gasteiger partial charge in [0.1, 0.15) is 11.5 Å². The van der Waals surface area contributed by atoms with Gasteiger partial charge in [0.05, 0.1) is 25.9 Å². The molecule has 0 aliphatic rings. The van der Waals surface area contributed by atoms with Crippen molar-refractivity contribution in [1.29, 1.82) is 0 Å². The van der Waals surface area contributed by atoms with Gasteiger partial charge in [-0.2, -0.15) is 0 Å². The van der Waals surface area contributed by atoms with E-state index in [0.717, 1.165) is 16.9 Å². The quantitative estimate of drug-likeness (QED) is 0.880. The highest BCUT2D eigenvalue weighted by atomic mass is 16.5. The van der Waals surface area contributed by atoms with Crippen molar-refractivity contribution in [2.75, 3.05) is 19.5 Å². The summed E-state index contributed by atoms with van der Waals surface area (Å²) >= 11 is 0. The van der Waals surface area contributed by atoms with E-state index in [0.29, 0.717) is 11.4 Å². The second kappa shape index (κ2) is 7.54. The van der Waals surface area contributed by atoms with E-state index in [4.69, 9.17) is 9.47 Å². The highest BCUT2D eigenvalue weighted by Gasteiger charge is 2.15. The molecule has 2 amide bonds. The lowest BCUT2D eigenvalue weighted by Gasteiger charge is -2.19. The summed E-state index contributed by atoms with van der Waals surface area (Å²) in [5, 5.41) is 5.71. The molecule has 2 N–H and O–H groups in total. The van der Waals surface area contributed by atoms with Crippen LogP contribution in [0, 0.1) is 6.92 Å². The van der Waals surface area contributed by atoms with Crippen LogP contribution in [0.15, 0.2) is 42.5 Å². The van der Waals surface area contributed by atoms with Gasteiger partial charge in [-0.15, -0.1) is 0 Å². The summed E-state index contributed by atoms with van der Waals surface area (Å²) in [6.45, 7) is 3.92. The number of hydrogen-bond acceptors (Lipinski definition) is 3. The molecule has 5 heteroatoms. The Hall–Kier alpha value is -2.69. The van der Waals surface area contributed by atoms with Crippen LogP contribution in [0.1, 0.15) is 24.1 Å². The number of benzene rings is 2. The predicted molar refractivity (Wildman–Crippen MR) is 91.3 cm³/mol. The van der Waals surface area contributed by atoms with E-state index in [1.54, 1.807) is 26.4 Å². The number of amides is 2. The Kier molecular flexibility index (Phi) is 5.46. The lowest BCUT2D eigenvalue weighted by Crippen LogP contribution is -2.31. The molecule has 1 unspecified atom stereocenters. The standard InChI is InChI=1S/C18H22N2O3/c1-12-9-10-16(22-3)14(11-12)13(2)19-18(21)20-15-7-5-6-8-17(15)23-4/h5-11,13H,1-4H3,(H2,19,20,21). The first kappa shape index (κ1) is 16.7. The fraction of sp³-hybridized carbons (Fsp3) is 0.278. The van der Waals surface area contributed by atoms with Gasteiger partial charge < -0.3 is 20.1 Å². The van der Waals surface area contributed by atoms with E-state index in [1.807, 2.05) is 44.2 Å². The highest BCUT2D eigenvalue weighted by molar-refractivity contribution is 5.91. The van der Waals surface area contributed by atoms with Gasteiger partial charge in [-0.25, -0.2) is 4.79 Å². The largest absolute Gasteiger partial charge is 0.496 e. The summed E-state index contributed by atoms with van der Waals surface area (Å²) in [4.78, 5) is 12.2. The predicted octanol–water partition coefficient (Wildman–Crippen LogP) is 3.89. The number of rotatable bonds is 5. The van der Waals surface area contributed by atoms with Gasteiger partial charge in [-0.05, 0) is 32.0 Å². The molecule has 0 saturated heterocycles. The molecule has 23 heavy (non-hydrogen) atoms. The molecule has 2 aromatic carbocycles. The number of anilines is 1. The molecule has 122 valence electrons. The maximum Gasteiger partial charge on any atom is 0.319 e. The number of methoxy groups -OCH3 is 2. The van der Waals surface area contributed by atoms with Gasteiger partial charge in [0.2, 0.25) is 0 Å². The van der Waals surface area contributed by atoms with Gasteiger partial charge in [0.15, 0.2) is 0 Å². The molecule has 0 aromatic heterocycles. The lowest BCUT2D eigenvalue weighted by atomic mass is 10.0. The highest BCUT2D eigenvalue weighted by Crippen LogP contribution is 2.27. The topological polar surface area (TPSA) is 59.6 Å². The molecule has 0 spiro atoms. The van der Waals surface area contributed by atoms with Crippen LogP contribution in [0.4, 0.5) is 10.5 Å². The van der Waals surface area contributed by atoms with Gasteiger partial charge in [-0.3, -0.25) is 0 Å². The second-order valence-electron chi connectivity index (χ2n) is 5.27. The minimum Gasteiger partial charge on any atom is -0.496 e. The van der Waals surface area contributed by atoms with E-state index in [2.05, 4.69) is 10.6 Å². The number of carbonyl (C=O) groups excluding carboxylic acids is 1. The lowest BCUT2D eigenvalue weighted by molar-refractivity contribution is 0.249. The molecule has 2 rings (SSSR count). The maximum absolute atomic E-state index is 12.2. The van der Waals surface area contributed by atoms with Crippen molar-refractivity contribution < 1.29 is 14.3 Å². The first-order valence-electron chi connectivity index (χ1n) is 7.40. The average molecular weight is 314 g/mol. The molecule has 1 atom stereocenters. The summed E-state index contributed by atoms with van der Waals surface area (Å²) < 4.78 is 10.6. The summed E-state index contributed by atoms with van der Waals surface area (Å²) in [6, 6.07) is 12.7. The molecule has 0 heterocycles. The Morgan fingerprint density at radius 3 is 2.43 bits per heavy atom. The molecular weight excluding hydrogens is 292 g/mol. The Morgan fingerprint density at radius 2 is 1.74 bits per heavy atom. The van der Waals surface area contributed by atoms with Crippen LogP contribution < -0.4 is 20.1 Å². The third-order valence-corrected chi connectivity index (χ3v) is 3.55. The summed E-state index contributed by atoms with van der Waals surface area (Å²) in [5.74, 6) is 1.36. The van der Waals surface area contributed by atoms with Crippen molar-refractivity contribution in [2.24, 2.45) is 0 Å². The monoisotopic (exact) mass is 314 g/mol. The first-order chi connectivity index (χ1) is 11.0. The van der Waals surface area contributed by atoms with Gasteiger partial charge in [0.25, 0.3) is 0 Å². The molecule has 5 nitrogen and oxygen atoms in total. The van der Waals surface area contributed by atoms with Crippen LogP contribution >= 0.6 is 0 Å². The van der Waals surface area contributed by atoms with Crippen LogP contribution in [-0.4, -0.2) is 20.3 Å². The molecule has 0 radical (unpaired) electrons. The average Bonchev–Trinajstić information content (AvgIpc) is 2.55.